The second-order valence-corrected chi connectivity index (χ2v) is 9.46. The van der Waals surface area contributed by atoms with Gasteiger partial charge in [-0.15, -0.1) is 11.3 Å². The van der Waals surface area contributed by atoms with E-state index in [1.165, 1.54) is 4.90 Å². The Morgan fingerprint density at radius 3 is 2.86 bits per heavy atom. The lowest BCUT2D eigenvalue weighted by Gasteiger charge is -2.29. The maximum absolute atomic E-state index is 13.2. The molecule has 0 fully saturated rings. The van der Waals surface area contributed by atoms with Gasteiger partial charge in [-0.05, 0) is 43.3 Å². The number of benzene rings is 2. The van der Waals surface area contributed by atoms with Crippen molar-refractivity contribution in [1.29, 1.82) is 0 Å². The number of anilines is 1. The lowest BCUT2D eigenvalue weighted by Crippen LogP contribution is -2.42. The Kier molecular flexibility index (Phi) is 5.15. The predicted molar refractivity (Wildman–Crippen MR) is 136 cm³/mol. The Hall–Kier alpha value is -4.30. The second kappa shape index (κ2) is 8.48. The molecule has 1 aliphatic rings. The molecule has 0 atom stereocenters. The van der Waals surface area contributed by atoms with Crippen molar-refractivity contribution in [2.45, 2.75) is 6.92 Å². The highest BCUT2D eigenvalue weighted by molar-refractivity contribution is 7.15. The van der Waals surface area contributed by atoms with Crippen LogP contribution in [0.25, 0.3) is 32.9 Å². The van der Waals surface area contributed by atoms with Crippen LogP contribution in [0.15, 0.2) is 73.1 Å². The molecule has 1 N–H and O–H groups in total. The van der Waals surface area contributed by atoms with Gasteiger partial charge in [0, 0.05) is 39.3 Å². The van der Waals surface area contributed by atoms with Gasteiger partial charge in [0.2, 0.25) is 0 Å². The summed E-state index contributed by atoms with van der Waals surface area (Å²) >= 11 is 1.57. The molecule has 7 nitrogen and oxygen atoms in total. The number of para-hydroxylation sites is 1. The molecule has 0 unspecified atom stereocenters. The van der Waals surface area contributed by atoms with E-state index in [2.05, 4.69) is 9.97 Å². The third-order valence-corrected chi connectivity index (χ3v) is 7.04. The molecule has 8 heteroatoms. The van der Waals surface area contributed by atoms with Gasteiger partial charge < -0.3 is 9.72 Å². The second-order valence-electron chi connectivity index (χ2n) is 8.26. The summed E-state index contributed by atoms with van der Waals surface area (Å²) in [6.45, 7) is 1.83. The van der Waals surface area contributed by atoms with Crippen LogP contribution in [0.3, 0.4) is 0 Å². The van der Waals surface area contributed by atoms with Crippen molar-refractivity contribution >= 4 is 39.6 Å². The summed E-state index contributed by atoms with van der Waals surface area (Å²) < 4.78 is 5.67. The number of fused-ring (bicyclic) bond motifs is 2. The number of ether oxygens (including phenoxy) is 1. The zero-order chi connectivity index (χ0) is 23.9. The number of nitrogens with zero attached hydrogens (tertiary/aromatic N) is 3. The van der Waals surface area contributed by atoms with Gasteiger partial charge >= 0.3 is 0 Å². The number of rotatable bonds is 5. The number of aromatic amines is 1. The fraction of sp³-hybridized carbons (Fsp3) is 0.111. The van der Waals surface area contributed by atoms with Gasteiger partial charge in [0.15, 0.2) is 12.4 Å². The van der Waals surface area contributed by atoms with Crippen LogP contribution in [0, 0.1) is 6.92 Å². The van der Waals surface area contributed by atoms with Crippen molar-refractivity contribution in [1.82, 2.24) is 15.0 Å². The minimum Gasteiger partial charge on any atom is -0.482 e. The fourth-order valence-electron chi connectivity index (χ4n) is 4.32. The molecule has 1 amide bonds. The first-order valence-electron chi connectivity index (χ1n) is 11.1. The molecule has 0 saturated carbocycles. The maximum atomic E-state index is 13.2. The molecule has 4 heterocycles. The summed E-state index contributed by atoms with van der Waals surface area (Å²) in [5, 5.41) is 1.67. The standard InChI is InChI=1S/C27H20N4O3S/c1-16-26(30-27(35-16)21-8-4-5-11-28-21)17-9-10-24-22(12-17)31(25(33)15-34-24)14-23(32)19-13-29-20-7-3-2-6-18(19)20/h2-13,29H,14-15H2,1H3. The van der Waals surface area contributed by atoms with Crippen LogP contribution in [0.4, 0.5) is 5.69 Å². The number of aryl methyl sites for hydroxylation is 1. The van der Waals surface area contributed by atoms with E-state index < -0.39 is 0 Å². The van der Waals surface area contributed by atoms with Gasteiger partial charge in [-0.25, -0.2) is 4.98 Å². The summed E-state index contributed by atoms with van der Waals surface area (Å²) in [6, 6.07) is 19.0. The first-order chi connectivity index (χ1) is 17.1. The Morgan fingerprint density at radius 1 is 1.14 bits per heavy atom. The SMILES string of the molecule is Cc1sc(-c2ccccn2)nc1-c1ccc2c(c1)N(CC(=O)c1c[nH]c3ccccc13)C(=O)CO2. The monoisotopic (exact) mass is 480 g/mol. The molecule has 2 aromatic carbocycles. The number of amides is 1. The molecule has 172 valence electrons. The summed E-state index contributed by atoms with van der Waals surface area (Å²) in [5.74, 6) is 0.168. The van der Waals surface area contributed by atoms with Gasteiger partial charge in [0.1, 0.15) is 10.8 Å². The third kappa shape index (κ3) is 3.77. The van der Waals surface area contributed by atoms with E-state index >= 15 is 0 Å². The number of carbonyl (C=O) groups is 2. The first-order valence-corrected chi connectivity index (χ1v) is 12.0. The summed E-state index contributed by atoms with van der Waals surface area (Å²) in [5.41, 5.74) is 4.50. The zero-order valence-corrected chi connectivity index (χ0v) is 19.6. The minimum absolute atomic E-state index is 0.0737. The Labute approximate surface area is 205 Å². The van der Waals surface area contributed by atoms with Crippen LogP contribution >= 0.6 is 11.3 Å². The summed E-state index contributed by atoms with van der Waals surface area (Å²) in [4.78, 5) is 41.0. The van der Waals surface area contributed by atoms with Gasteiger partial charge in [-0.2, -0.15) is 0 Å². The van der Waals surface area contributed by atoms with Crippen LogP contribution in [0.5, 0.6) is 5.75 Å². The van der Waals surface area contributed by atoms with Crippen LogP contribution in [-0.4, -0.2) is 39.8 Å². The lowest BCUT2D eigenvalue weighted by atomic mass is 10.1. The number of H-pyrrole nitrogens is 1. The normalized spacial score (nSPS) is 13.1. The number of nitrogens with one attached hydrogen (secondary N) is 1. The number of pyridine rings is 1. The largest absolute Gasteiger partial charge is 0.482 e. The van der Waals surface area contributed by atoms with Gasteiger partial charge in [-0.3, -0.25) is 19.5 Å². The topological polar surface area (TPSA) is 88.2 Å². The van der Waals surface area contributed by atoms with Gasteiger partial charge in [-0.1, -0.05) is 24.3 Å². The molecule has 0 bridgehead atoms. The van der Waals surface area contributed by atoms with Crippen LogP contribution in [-0.2, 0) is 4.79 Å². The van der Waals surface area contributed by atoms with Crippen LogP contribution < -0.4 is 9.64 Å². The molecule has 3 aromatic heterocycles. The van der Waals surface area contributed by atoms with E-state index in [1.54, 1.807) is 23.7 Å². The van der Waals surface area contributed by atoms with E-state index in [0.29, 0.717) is 17.0 Å². The number of ketones is 1. The number of hydrogen-bond donors (Lipinski definition) is 1. The van der Waals surface area contributed by atoms with Crippen molar-refractivity contribution in [3.8, 4) is 27.7 Å². The lowest BCUT2D eigenvalue weighted by molar-refractivity contribution is -0.121. The number of aromatic nitrogens is 3. The molecule has 0 spiro atoms. The average molecular weight is 481 g/mol. The Balaban J connectivity index is 1.35. The number of carbonyl (C=O) groups excluding carboxylic acids is 2. The molecule has 0 saturated heterocycles. The van der Waals surface area contributed by atoms with Gasteiger partial charge in [0.05, 0.1) is 23.6 Å². The summed E-state index contributed by atoms with van der Waals surface area (Å²) in [7, 11) is 0. The smallest absolute Gasteiger partial charge is 0.265 e. The highest BCUT2D eigenvalue weighted by atomic mass is 32.1. The van der Waals surface area contributed by atoms with E-state index in [9.17, 15) is 9.59 Å². The average Bonchev–Trinajstić information content (AvgIpc) is 3.50. The first kappa shape index (κ1) is 21.2. The van der Waals surface area contributed by atoms with E-state index in [4.69, 9.17) is 9.72 Å². The fourth-order valence-corrected chi connectivity index (χ4v) is 5.23. The highest BCUT2D eigenvalue weighted by Gasteiger charge is 2.29. The van der Waals surface area contributed by atoms with Crippen molar-refractivity contribution in [2.24, 2.45) is 0 Å². The quantitative estimate of drug-likeness (QED) is 0.346. The molecule has 0 aliphatic carbocycles. The number of hydrogen-bond acceptors (Lipinski definition) is 6. The molecule has 1 aliphatic heterocycles. The van der Waals surface area contributed by atoms with E-state index in [-0.39, 0.29) is 24.8 Å². The predicted octanol–water partition coefficient (Wildman–Crippen LogP) is 5.27. The van der Waals surface area contributed by atoms with Crippen molar-refractivity contribution in [3.05, 3.63) is 83.5 Å². The Bertz CT molecular complexity index is 1590. The summed E-state index contributed by atoms with van der Waals surface area (Å²) in [6.07, 6.45) is 3.45. The van der Waals surface area contributed by atoms with Crippen LogP contribution in [0.2, 0.25) is 0 Å². The molecular weight excluding hydrogens is 460 g/mol. The van der Waals surface area contributed by atoms with E-state index in [0.717, 1.165) is 37.7 Å². The van der Waals surface area contributed by atoms with Gasteiger partial charge in [0.25, 0.3) is 5.91 Å². The van der Waals surface area contributed by atoms with Crippen LogP contribution in [0.1, 0.15) is 15.2 Å². The zero-order valence-electron chi connectivity index (χ0n) is 18.8. The maximum Gasteiger partial charge on any atom is 0.265 e. The van der Waals surface area contributed by atoms with E-state index in [1.807, 2.05) is 67.6 Å². The minimum atomic E-state index is -0.257. The number of thiazole rings is 1. The molecule has 6 rings (SSSR count). The number of Topliss-reactive ketones (excluding diaryl/α,β-unsaturated/α-hetero) is 1. The van der Waals surface area contributed by atoms with Crippen molar-refractivity contribution < 1.29 is 14.3 Å². The highest BCUT2D eigenvalue weighted by Crippen LogP contribution is 2.39. The Morgan fingerprint density at radius 2 is 2.00 bits per heavy atom. The van der Waals surface area contributed by atoms with Crippen molar-refractivity contribution in [3.63, 3.8) is 0 Å². The van der Waals surface area contributed by atoms with Crippen molar-refractivity contribution in [2.75, 3.05) is 18.1 Å². The third-order valence-electron chi connectivity index (χ3n) is 6.05. The molecule has 5 aromatic rings. The molecule has 0 radical (unpaired) electrons. The molecule has 35 heavy (non-hydrogen) atoms. The molecular formula is C27H20N4O3S.